The highest BCUT2D eigenvalue weighted by Crippen LogP contribution is 2.31. The molecule has 3 aliphatic rings. The fraction of sp³-hybridized carbons (Fsp3) is 0.463. The third-order valence-electron chi connectivity index (χ3n) is 10.9. The summed E-state index contributed by atoms with van der Waals surface area (Å²) in [5.74, 6) is -2.40. The zero-order chi connectivity index (χ0) is 40.6. The Kier molecular flexibility index (Phi) is 13.1. The summed E-state index contributed by atoms with van der Waals surface area (Å²) in [5, 5.41) is 14.8. The minimum Gasteiger partial charge on any atom is -0.379 e. The monoisotopic (exact) mass is 795 g/mol. The van der Waals surface area contributed by atoms with Crippen molar-refractivity contribution < 1.29 is 38.2 Å². The number of hydrogen-bond donors (Lipinski definition) is 4. The first kappa shape index (κ1) is 40.6. The van der Waals surface area contributed by atoms with Crippen LogP contribution in [0.4, 0.5) is 5.95 Å². The Morgan fingerprint density at radius 2 is 1.60 bits per heavy atom. The lowest BCUT2D eigenvalue weighted by atomic mass is 9.91. The number of fused-ring (bicyclic) bond motifs is 2. The fourth-order valence-corrected chi connectivity index (χ4v) is 7.92. The van der Waals surface area contributed by atoms with E-state index < -0.39 is 35.6 Å². The zero-order valence-corrected chi connectivity index (χ0v) is 32.3. The summed E-state index contributed by atoms with van der Waals surface area (Å²) in [7, 11) is 0. The van der Waals surface area contributed by atoms with Gasteiger partial charge >= 0.3 is 0 Å². The van der Waals surface area contributed by atoms with Gasteiger partial charge in [-0.25, -0.2) is 4.98 Å². The number of ether oxygens (including phenoxy) is 3. The van der Waals surface area contributed by atoms with Crippen LogP contribution in [0.2, 0.25) is 0 Å². The topological polar surface area (TPSA) is 236 Å². The molecule has 0 bridgehead atoms. The average molecular weight is 796 g/mol. The summed E-state index contributed by atoms with van der Waals surface area (Å²) in [6.07, 6.45) is 7.72. The molecule has 17 heteroatoms. The molecule has 2 aromatic heterocycles. The van der Waals surface area contributed by atoms with Gasteiger partial charge in [0.1, 0.15) is 6.04 Å². The lowest BCUT2D eigenvalue weighted by molar-refractivity contribution is -0.136. The van der Waals surface area contributed by atoms with E-state index in [9.17, 15) is 24.0 Å². The highest BCUT2D eigenvalue weighted by Gasteiger charge is 2.45. The summed E-state index contributed by atoms with van der Waals surface area (Å²) in [5.41, 5.74) is 15.8. The molecular formula is C41H49N9O8. The first-order chi connectivity index (χ1) is 28.2. The van der Waals surface area contributed by atoms with E-state index in [2.05, 4.69) is 30.4 Å². The molecule has 306 valence electrons. The van der Waals surface area contributed by atoms with E-state index in [-0.39, 0.29) is 36.2 Å². The lowest BCUT2D eigenvalue weighted by Crippen LogP contribution is -2.54. The lowest BCUT2D eigenvalue weighted by Gasteiger charge is -2.29. The van der Waals surface area contributed by atoms with Crippen molar-refractivity contribution in [2.45, 2.75) is 82.5 Å². The van der Waals surface area contributed by atoms with Crippen molar-refractivity contribution in [1.82, 2.24) is 30.0 Å². The number of rotatable bonds is 19. The third-order valence-corrected chi connectivity index (χ3v) is 10.9. The van der Waals surface area contributed by atoms with Crippen molar-refractivity contribution in [1.29, 1.82) is 0 Å². The Balaban J connectivity index is 0.804. The predicted octanol–water partition coefficient (Wildman–Crippen LogP) is 2.28. The normalized spacial score (nSPS) is 19.5. The maximum atomic E-state index is 13.3. The first-order valence-corrected chi connectivity index (χ1v) is 19.9. The number of benzene rings is 2. The number of imide groups is 2. The van der Waals surface area contributed by atoms with Crippen LogP contribution in [-0.2, 0) is 43.2 Å². The second kappa shape index (κ2) is 18.8. The minimum atomic E-state index is -0.994. The number of amides is 5. The van der Waals surface area contributed by atoms with Gasteiger partial charge in [-0.2, -0.15) is 0 Å². The minimum absolute atomic E-state index is 0.00394. The van der Waals surface area contributed by atoms with E-state index in [1.807, 2.05) is 30.5 Å². The molecule has 0 spiro atoms. The number of nitrogens with two attached hydrogens (primary N) is 2. The Bertz CT molecular complexity index is 2170. The van der Waals surface area contributed by atoms with Crippen molar-refractivity contribution in [3.63, 3.8) is 0 Å². The SMILES string of the molecule is NC(=O)c1nnc(N[C@@H]2CCCC[C@@H]2N)nc1Cc1cccc2c1ccn2CCOCCOCCOCCCc1cccc2c1C(=O)N(C1CCC(=O)NC1=O)C2=O. The number of aromatic nitrogens is 4. The molecule has 7 rings (SSSR count). The van der Waals surface area contributed by atoms with Gasteiger partial charge in [-0.15, -0.1) is 10.2 Å². The van der Waals surface area contributed by atoms with Gasteiger partial charge in [0.05, 0.1) is 49.9 Å². The average Bonchev–Trinajstić information content (AvgIpc) is 3.74. The molecule has 1 aliphatic carbocycles. The van der Waals surface area contributed by atoms with Gasteiger partial charge in [-0.05, 0) is 61.4 Å². The highest BCUT2D eigenvalue weighted by molar-refractivity contribution is 6.24. The van der Waals surface area contributed by atoms with Crippen LogP contribution in [0, 0.1) is 0 Å². The molecule has 17 nitrogen and oxygen atoms in total. The molecule has 1 unspecified atom stereocenters. The van der Waals surface area contributed by atoms with Gasteiger partial charge in [0.15, 0.2) is 5.69 Å². The van der Waals surface area contributed by atoms with Crippen LogP contribution in [0.5, 0.6) is 0 Å². The van der Waals surface area contributed by atoms with E-state index in [4.69, 9.17) is 25.7 Å². The molecule has 4 heterocycles. The Morgan fingerprint density at radius 1 is 0.862 bits per heavy atom. The van der Waals surface area contributed by atoms with Crippen LogP contribution >= 0.6 is 0 Å². The Morgan fingerprint density at radius 3 is 2.38 bits per heavy atom. The van der Waals surface area contributed by atoms with E-state index in [0.717, 1.165) is 52.6 Å². The molecule has 1 saturated carbocycles. The Hall–Kier alpha value is -5.62. The standard InChI is InChI=1S/C41H49N9O8/c42-29-10-1-2-11-30(29)44-41-45-31(36(37(43)52)47-48-41)24-26-7-4-12-32-27(26)15-16-49(32)17-19-57-21-23-58-22-20-56-18-5-8-25-6-3-9-28-35(25)40(55)50(39(28)54)33-13-14-34(51)46-38(33)53/h3-4,6-7,9,12,15-16,29-30,33H,1-2,5,8,10-11,13-14,17-24,42H2,(H2,43,52)(H,44,45,48)(H,46,51,53)/t29-,30+,33?/m0/s1. The molecule has 2 aromatic carbocycles. The highest BCUT2D eigenvalue weighted by atomic mass is 16.5. The summed E-state index contributed by atoms with van der Waals surface area (Å²) in [6.45, 7) is 3.17. The van der Waals surface area contributed by atoms with E-state index in [1.54, 1.807) is 18.2 Å². The molecule has 2 fully saturated rings. The zero-order valence-electron chi connectivity index (χ0n) is 32.3. The van der Waals surface area contributed by atoms with Crippen molar-refractivity contribution in [3.8, 4) is 0 Å². The number of nitrogens with one attached hydrogen (secondary N) is 2. The smallest absolute Gasteiger partial charge is 0.271 e. The van der Waals surface area contributed by atoms with Crippen LogP contribution < -0.4 is 22.1 Å². The maximum absolute atomic E-state index is 13.3. The van der Waals surface area contributed by atoms with Gasteiger partial charge in [0.25, 0.3) is 17.7 Å². The van der Waals surface area contributed by atoms with Crippen molar-refractivity contribution in [2.75, 3.05) is 45.0 Å². The summed E-state index contributed by atoms with van der Waals surface area (Å²) >= 11 is 0. The van der Waals surface area contributed by atoms with Crippen molar-refractivity contribution in [2.24, 2.45) is 11.5 Å². The van der Waals surface area contributed by atoms with Crippen molar-refractivity contribution in [3.05, 3.63) is 82.3 Å². The first-order valence-electron chi connectivity index (χ1n) is 19.9. The van der Waals surface area contributed by atoms with Gasteiger partial charge in [0, 0.05) is 55.2 Å². The summed E-state index contributed by atoms with van der Waals surface area (Å²) < 4.78 is 19.4. The molecule has 6 N–H and O–H groups in total. The van der Waals surface area contributed by atoms with Gasteiger partial charge in [-0.3, -0.25) is 34.2 Å². The van der Waals surface area contributed by atoms with Gasteiger partial charge < -0.3 is 35.6 Å². The number of carbonyl (C=O) groups excluding carboxylic acids is 5. The van der Waals surface area contributed by atoms with Crippen LogP contribution in [0.3, 0.4) is 0 Å². The number of nitrogens with zero attached hydrogens (tertiary/aromatic N) is 5. The van der Waals surface area contributed by atoms with E-state index in [1.165, 1.54) is 0 Å². The van der Waals surface area contributed by atoms with E-state index >= 15 is 0 Å². The largest absolute Gasteiger partial charge is 0.379 e. The number of anilines is 1. The molecular weight excluding hydrogens is 747 g/mol. The van der Waals surface area contributed by atoms with E-state index in [0.29, 0.717) is 82.7 Å². The number of aryl methyl sites for hydroxylation is 1. The molecule has 5 amide bonds. The second-order valence-electron chi connectivity index (χ2n) is 14.8. The maximum Gasteiger partial charge on any atom is 0.271 e. The third kappa shape index (κ3) is 9.23. The number of carbonyl (C=O) groups is 5. The molecule has 58 heavy (non-hydrogen) atoms. The number of primary amides is 1. The fourth-order valence-electron chi connectivity index (χ4n) is 7.92. The summed E-state index contributed by atoms with van der Waals surface area (Å²) in [4.78, 5) is 68.2. The summed E-state index contributed by atoms with van der Waals surface area (Å²) in [6, 6.07) is 12.2. The van der Waals surface area contributed by atoms with Crippen LogP contribution in [0.25, 0.3) is 10.9 Å². The molecule has 3 atom stereocenters. The molecule has 0 radical (unpaired) electrons. The molecule has 4 aromatic rings. The molecule has 1 saturated heterocycles. The number of piperidine rings is 1. The van der Waals surface area contributed by atoms with Crippen LogP contribution in [-0.4, -0.2) is 112 Å². The van der Waals surface area contributed by atoms with Crippen molar-refractivity contribution >= 4 is 46.4 Å². The van der Waals surface area contributed by atoms with Gasteiger partial charge in [0.2, 0.25) is 17.8 Å². The molecule has 2 aliphatic heterocycles. The van der Waals surface area contributed by atoms with Gasteiger partial charge in [-0.1, -0.05) is 37.1 Å². The Labute approximate surface area is 335 Å². The second-order valence-corrected chi connectivity index (χ2v) is 14.8. The van der Waals surface area contributed by atoms with Crippen LogP contribution in [0.15, 0.2) is 48.7 Å². The number of hydrogen-bond acceptors (Lipinski definition) is 13. The quantitative estimate of drug-likeness (QED) is 0.0789. The predicted molar refractivity (Wildman–Crippen MR) is 211 cm³/mol. The van der Waals surface area contributed by atoms with Crippen LogP contribution in [0.1, 0.15) is 93.0 Å².